The van der Waals surface area contributed by atoms with E-state index in [-0.39, 0.29) is 0 Å². The molecule has 0 aliphatic carbocycles. The molecular weight excluding hydrogens is 242 g/mol. The van der Waals surface area contributed by atoms with E-state index in [1.54, 1.807) is 7.11 Å². The van der Waals surface area contributed by atoms with E-state index in [0.717, 1.165) is 43.1 Å². The van der Waals surface area contributed by atoms with Gasteiger partial charge in [0, 0.05) is 11.5 Å². The minimum atomic E-state index is 0.383. The van der Waals surface area contributed by atoms with Crippen LogP contribution >= 0.6 is 0 Å². The Balaban J connectivity index is 1.83. The predicted molar refractivity (Wildman–Crippen MR) is 71.1 cm³/mol. The molecule has 2 heterocycles. The molecule has 0 unspecified atom stereocenters. The van der Waals surface area contributed by atoms with Gasteiger partial charge in [0.2, 0.25) is 11.7 Å². The van der Waals surface area contributed by atoms with E-state index < -0.39 is 0 Å². The maximum Gasteiger partial charge on any atom is 0.230 e. The Morgan fingerprint density at radius 2 is 2.16 bits per heavy atom. The van der Waals surface area contributed by atoms with Crippen LogP contribution in [-0.2, 0) is 0 Å². The molecule has 100 valence electrons. The van der Waals surface area contributed by atoms with E-state index in [4.69, 9.17) is 9.26 Å². The first-order valence-electron chi connectivity index (χ1n) is 6.55. The summed E-state index contributed by atoms with van der Waals surface area (Å²) < 4.78 is 10.6. The van der Waals surface area contributed by atoms with Crippen LogP contribution in [-0.4, -0.2) is 30.3 Å². The van der Waals surface area contributed by atoms with Gasteiger partial charge in [0.05, 0.1) is 7.11 Å². The molecule has 1 aromatic heterocycles. The highest BCUT2D eigenvalue weighted by atomic mass is 16.5. The van der Waals surface area contributed by atoms with Crippen molar-refractivity contribution in [3.8, 4) is 17.1 Å². The van der Waals surface area contributed by atoms with Crippen molar-refractivity contribution in [2.75, 3.05) is 20.2 Å². The summed E-state index contributed by atoms with van der Waals surface area (Å²) in [5, 5.41) is 7.41. The summed E-state index contributed by atoms with van der Waals surface area (Å²) in [6, 6.07) is 7.70. The van der Waals surface area contributed by atoms with E-state index >= 15 is 0 Å². The summed E-state index contributed by atoms with van der Waals surface area (Å²) in [6.07, 6.45) is 2.11. The molecule has 0 spiro atoms. The highest BCUT2D eigenvalue weighted by molar-refractivity contribution is 5.56. The standard InChI is InChI=1S/C14H17N3O2/c1-18-12-4-2-3-11(9-12)13-16-14(19-17-13)10-5-7-15-8-6-10/h2-4,9-10,15H,5-8H2,1H3. The number of benzene rings is 1. The Kier molecular flexibility index (Phi) is 3.46. The van der Waals surface area contributed by atoms with Gasteiger partial charge < -0.3 is 14.6 Å². The molecule has 1 N–H and O–H groups in total. The number of nitrogens with zero attached hydrogens (tertiary/aromatic N) is 2. The lowest BCUT2D eigenvalue weighted by molar-refractivity contribution is 0.320. The lowest BCUT2D eigenvalue weighted by atomic mass is 9.98. The quantitative estimate of drug-likeness (QED) is 0.915. The molecule has 0 atom stereocenters. The highest BCUT2D eigenvalue weighted by Crippen LogP contribution is 2.27. The van der Waals surface area contributed by atoms with Gasteiger partial charge in [-0.15, -0.1) is 0 Å². The fraction of sp³-hybridized carbons (Fsp3) is 0.429. The monoisotopic (exact) mass is 259 g/mol. The number of aromatic nitrogens is 2. The van der Waals surface area contributed by atoms with Gasteiger partial charge in [-0.05, 0) is 38.1 Å². The minimum Gasteiger partial charge on any atom is -0.497 e. The number of piperidine rings is 1. The summed E-state index contributed by atoms with van der Waals surface area (Å²) in [7, 11) is 1.65. The SMILES string of the molecule is COc1cccc(-c2noc(C3CCNCC3)n2)c1. The molecule has 5 nitrogen and oxygen atoms in total. The van der Waals surface area contributed by atoms with Crippen molar-refractivity contribution in [3.05, 3.63) is 30.2 Å². The maximum absolute atomic E-state index is 5.40. The zero-order chi connectivity index (χ0) is 13.1. The molecule has 19 heavy (non-hydrogen) atoms. The number of ether oxygens (including phenoxy) is 1. The molecule has 1 aliphatic heterocycles. The van der Waals surface area contributed by atoms with E-state index in [2.05, 4.69) is 15.5 Å². The number of nitrogens with one attached hydrogen (secondary N) is 1. The van der Waals surface area contributed by atoms with Gasteiger partial charge >= 0.3 is 0 Å². The first-order chi connectivity index (χ1) is 9.36. The van der Waals surface area contributed by atoms with Gasteiger partial charge in [0.25, 0.3) is 0 Å². The predicted octanol–water partition coefficient (Wildman–Crippen LogP) is 2.21. The second kappa shape index (κ2) is 5.40. The average Bonchev–Trinajstić information content (AvgIpc) is 2.98. The van der Waals surface area contributed by atoms with Crippen LogP contribution in [0, 0.1) is 0 Å². The first-order valence-corrected chi connectivity index (χ1v) is 6.55. The molecule has 0 bridgehead atoms. The Bertz CT molecular complexity index is 547. The molecule has 0 amide bonds. The second-order valence-electron chi connectivity index (χ2n) is 4.71. The van der Waals surface area contributed by atoms with E-state index in [9.17, 15) is 0 Å². The largest absolute Gasteiger partial charge is 0.497 e. The van der Waals surface area contributed by atoms with Crippen molar-refractivity contribution in [3.63, 3.8) is 0 Å². The van der Waals surface area contributed by atoms with Crippen molar-refractivity contribution in [1.29, 1.82) is 0 Å². The van der Waals surface area contributed by atoms with E-state index in [1.807, 2.05) is 24.3 Å². The molecule has 1 aromatic carbocycles. The Morgan fingerprint density at radius 1 is 1.32 bits per heavy atom. The molecule has 5 heteroatoms. The zero-order valence-corrected chi connectivity index (χ0v) is 10.9. The van der Waals surface area contributed by atoms with Gasteiger partial charge in [-0.2, -0.15) is 4.98 Å². The molecule has 3 rings (SSSR count). The van der Waals surface area contributed by atoms with Crippen LogP contribution < -0.4 is 10.1 Å². The molecule has 0 saturated carbocycles. The average molecular weight is 259 g/mol. The normalized spacial score (nSPS) is 16.5. The van der Waals surface area contributed by atoms with Crippen molar-refractivity contribution < 1.29 is 9.26 Å². The lowest BCUT2D eigenvalue weighted by Gasteiger charge is -2.18. The molecule has 0 radical (unpaired) electrons. The summed E-state index contributed by atoms with van der Waals surface area (Å²) >= 11 is 0. The van der Waals surface area contributed by atoms with Crippen molar-refractivity contribution in [2.24, 2.45) is 0 Å². The number of rotatable bonds is 3. The summed E-state index contributed by atoms with van der Waals surface area (Å²) in [4.78, 5) is 4.52. The van der Waals surface area contributed by atoms with Gasteiger partial charge in [0.15, 0.2) is 0 Å². The summed E-state index contributed by atoms with van der Waals surface area (Å²) in [5.41, 5.74) is 0.920. The van der Waals surface area contributed by atoms with Gasteiger partial charge in [0.1, 0.15) is 5.75 Å². The van der Waals surface area contributed by atoms with Crippen LogP contribution in [0.5, 0.6) is 5.75 Å². The number of methoxy groups -OCH3 is 1. The maximum atomic E-state index is 5.40. The third-order valence-electron chi connectivity index (χ3n) is 3.46. The van der Waals surface area contributed by atoms with Crippen molar-refractivity contribution in [2.45, 2.75) is 18.8 Å². The van der Waals surface area contributed by atoms with Crippen LogP contribution in [0.3, 0.4) is 0 Å². The van der Waals surface area contributed by atoms with Crippen LogP contribution in [0.1, 0.15) is 24.7 Å². The third kappa shape index (κ3) is 2.61. The summed E-state index contributed by atoms with van der Waals surface area (Å²) in [5.74, 6) is 2.56. The van der Waals surface area contributed by atoms with Crippen LogP contribution in [0.25, 0.3) is 11.4 Å². The number of hydrogen-bond acceptors (Lipinski definition) is 5. The van der Waals surface area contributed by atoms with Gasteiger partial charge in [-0.25, -0.2) is 0 Å². The van der Waals surface area contributed by atoms with E-state index in [0.29, 0.717) is 11.7 Å². The topological polar surface area (TPSA) is 60.2 Å². The third-order valence-corrected chi connectivity index (χ3v) is 3.46. The van der Waals surface area contributed by atoms with Crippen molar-refractivity contribution >= 4 is 0 Å². The number of hydrogen-bond donors (Lipinski definition) is 1. The van der Waals surface area contributed by atoms with Crippen LogP contribution in [0.4, 0.5) is 0 Å². The van der Waals surface area contributed by atoms with Crippen LogP contribution in [0.15, 0.2) is 28.8 Å². The Hall–Kier alpha value is -1.88. The molecule has 2 aromatic rings. The summed E-state index contributed by atoms with van der Waals surface area (Å²) in [6.45, 7) is 2.03. The lowest BCUT2D eigenvalue weighted by Crippen LogP contribution is -2.26. The Labute approximate surface area is 112 Å². The highest BCUT2D eigenvalue weighted by Gasteiger charge is 2.21. The molecular formula is C14H17N3O2. The molecule has 1 aliphatic rings. The zero-order valence-electron chi connectivity index (χ0n) is 10.9. The first kappa shape index (κ1) is 12.2. The minimum absolute atomic E-state index is 0.383. The van der Waals surface area contributed by atoms with Gasteiger partial charge in [-0.3, -0.25) is 0 Å². The smallest absolute Gasteiger partial charge is 0.230 e. The molecule has 1 saturated heterocycles. The fourth-order valence-corrected chi connectivity index (χ4v) is 2.35. The van der Waals surface area contributed by atoms with E-state index in [1.165, 1.54) is 0 Å². The Morgan fingerprint density at radius 3 is 2.95 bits per heavy atom. The van der Waals surface area contributed by atoms with Crippen LogP contribution in [0.2, 0.25) is 0 Å². The van der Waals surface area contributed by atoms with Gasteiger partial charge in [-0.1, -0.05) is 17.3 Å². The fourth-order valence-electron chi connectivity index (χ4n) is 2.35. The molecule has 1 fully saturated rings. The second-order valence-corrected chi connectivity index (χ2v) is 4.71. The van der Waals surface area contributed by atoms with Crippen molar-refractivity contribution in [1.82, 2.24) is 15.5 Å².